The van der Waals surface area contributed by atoms with Crippen molar-refractivity contribution in [1.82, 2.24) is 35.3 Å². The highest BCUT2D eigenvalue weighted by Gasteiger charge is 2.58. The number of hydrogen-bond acceptors (Lipinski definition) is 16. The molecule has 4 aromatic carbocycles. The number of anilines is 1. The number of fused-ring (bicyclic) bond motifs is 1. The van der Waals surface area contributed by atoms with Crippen molar-refractivity contribution in [3.8, 4) is 28.5 Å². The first-order chi connectivity index (χ1) is 50.3. The minimum absolute atomic E-state index is 0.0332. The molecule has 1 unspecified atom stereocenters. The second-order valence-electron chi connectivity index (χ2n) is 30.4. The number of aromatic nitrogens is 2. The van der Waals surface area contributed by atoms with Gasteiger partial charge >= 0.3 is 0 Å². The van der Waals surface area contributed by atoms with Crippen molar-refractivity contribution in [2.75, 3.05) is 39.6 Å². The molecule has 3 aliphatic heterocycles. The van der Waals surface area contributed by atoms with E-state index in [-0.39, 0.29) is 47.5 Å². The second kappa shape index (κ2) is 33.8. The van der Waals surface area contributed by atoms with Gasteiger partial charge in [-0.25, -0.2) is 24.9 Å². The van der Waals surface area contributed by atoms with Gasteiger partial charge in [0.15, 0.2) is 23.4 Å². The molecular weight excluding hydrogens is 1330 g/mol. The number of halogens is 1. The van der Waals surface area contributed by atoms with Gasteiger partial charge in [-0.3, -0.25) is 38.7 Å². The maximum absolute atomic E-state index is 13.5. The number of carbonyl (C=O) groups excluding carboxylic acids is 5. The Bertz CT molecular complexity index is 4100. The molecule has 5 heterocycles. The standard InChI is InChI=1S/C31H41N5O3.C29H41N5O2.C22H23ClN4O2/c1-36-29(38)31(35-30(36)32,18-17-22-9-4-2-5-10-22)20-23-11-8-12-25(19-23)34-28(37)24-15-16-27(33-21-24)39-26-13-6-3-7-14-26;1-34-27(35)29(33-28(34)30,16-15-20-7-4-3-5-8-20)19-21-9-6-10-23(17-21)31-26-14-11-22-18-24(36-2)12-13-25(22)32-26;1-14(28)25-10-11-27-20(29)22(17-8-9-17,26-21(27)24)18-6-2-4-15(12-18)16-5-3-7-19(23)13-16/h3,6-7,13-16,21-23,25H,2,4-5,8-12,17-20H2,1H3,(H2,32,35)(H,34,37);11-14,18,20-21,23H,3-10,15-17,19H2,1-2H3,(H2,30,33)(H,31,32);2-7,12-13,17H,8-11H2,1H3,(H2,24,26)(H,25,28)/t23-,25+,31+;21-,23+,29+;/m00./s1. The van der Waals surface area contributed by atoms with Crippen molar-refractivity contribution in [3.63, 3.8) is 0 Å². The summed E-state index contributed by atoms with van der Waals surface area (Å²) in [5, 5.41) is 11.3. The summed E-state index contributed by atoms with van der Waals surface area (Å²) < 4.78 is 11.1. The number of nitrogens with one attached hydrogen (secondary N) is 3. The van der Waals surface area contributed by atoms with E-state index >= 15 is 0 Å². The summed E-state index contributed by atoms with van der Waals surface area (Å²) in [6.45, 7) is 2.08. The van der Waals surface area contributed by atoms with E-state index in [4.69, 9.17) is 58.2 Å². The Balaban J connectivity index is 0.000000148. The van der Waals surface area contributed by atoms with Crippen LogP contribution in [0.4, 0.5) is 5.82 Å². The quantitative estimate of drug-likeness (QED) is 0.0348. The van der Waals surface area contributed by atoms with Crippen LogP contribution in [0, 0.1) is 29.6 Å². The molecule has 14 rings (SSSR count). The first kappa shape index (κ1) is 74.6. The first-order valence-corrected chi connectivity index (χ1v) is 38.4. The molecule has 5 fully saturated rings. The Morgan fingerprint density at radius 1 is 0.596 bits per heavy atom. The molecule has 0 saturated heterocycles. The number of nitrogens with two attached hydrogens (primary N) is 3. The first-order valence-electron chi connectivity index (χ1n) is 38.1. The number of pyridine rings is 2. The molecule has 6 aromatic rings. The fourth-order valence-electron chi connectivity index (χ4n) is 17.2. The van der Waals surface area contributed by atoms with Crippen LogP contribution in [0.3, 0.4) is 0 Å². The van der Waals surface area contributed by atoms with Crippen molar-refractivity contribution in [2.45, 2.75) is 203 Å². The second-order valence-corrected chi connectivity index (χ2v) is 30.8. The number of aliphatic imine (C=N–C) groups is 3. The predicted octanol–water partition coefficient (Wildman–Crippen LogP) is 13.8. The van der Waals surface area contributed by atoms with Crippen LogP contribution in [-0.4, -0.2) is 130 Å². The van der Waals surface area contributed by atoms with E-state index in [1.807, 2.05) is 97.1 Å². The highest BCUT2D eigenvalue weighted by atomic mass is 35.5. The number of carbonyl (C=O) groups is 5. The van der Waals surface area contributed by atoms with E-state index in [0.717, 1.165) is 141 Å². The molecule has 9 N–H and O–H groups in total. The Kier molecular flexibility index (Phi) is 24.2. The summed E-state index contributed by atoms with van der Waals surface area (Å²) in [7, 11) is 5.19. The Hall–Kier alpha value is -9.11. The van der Waals surface area contributed by atoms with E-state index in [1.54, 1.807) is 44.4 Å². The third-order valence-corrected chi connectivity index (χ3v) is 23.2. The summed E-state index contributed by atoms with van der Waals surface area (Å²) in [5.41, 5.74) is 20.3. The maximum Gasteiger partial charge on any atom is 0.262 e. The minimum Gasteiger partial charge on any atom is -0.497 e. The van der Waals surface area contributed by atoms with Crippen molar-refractivity contribution in [2.24, 2.45) is 61.8 Å². The normalized spacial score (nSPS) is 25.1. The van der Waals surface area contributed by atoms with Crippen LogP contribution in [0.25, 0.3) is 22.0 Å². The van der Waals surface area contributed by atoms with E-state index in [2.05, 4.69) is 33.1 Å². The maximum atomic E-state index is 13.5. The smallest absolute Gasteiger partial charge is 0.262 e. The third-order valence-electron chi connectivity index (χ3n) is 23.0. The van der Waals surface area contributed by atoms with Crippen LogP contribution < -0.4 is 42.6 Å². The number of guanidine groups is 3. The summed E-state index contributed by atoms with van der Waals surface area (Å²) in [6, 6.07) is 38.9. The van der Waals surface area contributed by atoms with Gasteiger partial charge in [0.25, 0.3) is 23.6 Å². The van der Waals surface area contributed by atoms with E-state index in [1.165, 1.54) is 80.9 Å². The monoisotopic (exact) mass is 1430 g/mol. The lowest BCUT2D eigenvalue weighted by molar-refractivity contribution is -0.133. The van der Waals surface area contributed by atoms with Gasteiger partial charge in [0.05, 0.1) is 18.2 Å². The topological polar surface area (TPSA) is 291 Å². The number of methoxy groups -OCH3 is 1. The number of rotatable bonds is 23. The average Bonchev–Trinajstić information content (AvgIpc) is 1.55. The molecule has 104 heavy (non-hydrogen) atoms. The summed E-state index contributed by atoms with van der Waals surface area (Å²) in [5.74, 6) is 5.84. The number of benzene rings is 4. The number of ether oxygens (including phenoxy) is 2. The molecule has 552 valence electrons. The highest BCUT2D eigenvalue weighted by Crippen LogP contribution is 2.52. The van der Waals surface area contributed by atoms with Crippen molar-refractivity contribution in [3.05, 3.63) is 144 Å². The van der Waals surface area contributed by atoms with Gasteiger partial charge in [0.2, 0.25) is 11.8 Å². The van der Waals surface area contributed by atoms with Crippen LogP contribution in [0.15, 0.2) is 143 Å². The van der Waals surface area contributed by atoms with Crippen LogP contribution >= 0.6 is 11.6 Å². The van der Waals surface area contributed by atoms with Gasteiger partial charge in [-0.15, -0.1) is 0 Å². The SMILES string of the molecule is CC(=O)NCCN1C(=O)C(c2cccc(-c3cccc(Cl)c3)c2)(C2CC2)N=C1N.CN1C(=O)[C@@](CCC2CCCCC2)(C[C@H]2CCC[C@@H](NC(=O)c3ccc(Oc4ccccc4)nc3)C2)N=C1N.COc1ccc2nc(N[C@@H]3CCC[C@H](C[C@@]4(CCC5CCCCC5)N=C(N)N(C)C4=O)C3)ccc2c1. The van der Waals surface area contributed by atoms with Crippen LogP contribution in [0.5, 0.6) is 17.4 Å². The number of amides is 5. The van der Waals surface area contributed by atoms with Gasteiger partial charge in [-0.1, -0.05) is 150 Å². The molecule has 0 bridgehead atoms. The highest BCUT2D eigenvalue weighted by molar-refractivity contribution is 6.30. The lowest BCUT2D eigenvalue weighted by Gasteiger charge is -2.35. The molecule has 0 radical (unpaired) electrons. The van der Waals surface area contributed by atoms with Crippen LogP contribution in [-0.2, 0) is 24.7 Å². The van der Waals surface area contributed by atoms with E-state index < -0.39 is 16.6 Å². The molecule has 2 aromatic heterocycles. The van der Waals surface area contributed by atoms with Crippen molar-refractivity contribution in [1.29, 1.82) is 0 Å². The van der Waals surface area contributed by atoms with E-state index in [0.29, 0.717) is 77.4 Å². The van der Waals surface area contributed by atoms with Crippen LogP contribution in [0.1, 0.15) is 190 Å². The summed E-state index contributed by atoms with van der Waals surface area (Å²) in [6.07, 6.45) is 29.9. The lowest BCUT2D eigenvalue weighted by Crippen LogP contribution is -2.46. The zero-order chi connectivity index (χ0) is 73.0. The Morgan fingerprint density at radius 3 is 1.78 bits per heavy atom. The van der Waals surface area contributed by atoms with Gasteiger partial charge in [0.1, 0.15) is 28.4 Å². The summed E-state index contributed by atoms with van der Waals surface area (Å²) >= 11 is 6.15. The Morgan fingerprint density at radius 2 is 1.20 bits per heavy atom. The Labute approximate surface area is 617 Å². The molecule has 21 nitrogen and oxygen atoms in total. The molecule has 5 amide bonds. The molecule has 5 saturated carbocycles. The van der Waals surface area contributed by atoms with Crippen LogP contribution in [0.2, 0.25) is 5.02 Å². The number of nitrogens with zero attached hydrogens (tertiary/aromatic N) is 8. The van der Waals surface area contributed by atoms with E-state index in [9.17, 15) is 24.0 Å². The molecule has 0 spiro atoms. The average molecular weight is 1430 g/mol. The minimum atomic E-state index is -0.991. The fourth-order valence-corrected chi connectivity index (χ4v) is 17.4. The molecule has 22 heteroatoms. The largest absolute Gasteiger partial charge is 0.497 e. The van der Waals surface area contributed by atoms with Gasteiger partial charge < -0.3 is 42.6 Å². The molecular formula is C82H105ClN14O7. The van der Waals surface area contributed by atoms with Gasteiger partial charge in [-0.05, 0) is 190 Å². The lowest BCUT2D eigenvalue weighted by atomic mass is 9.74. The number of likely N-dealkylation sites (N-methyl/N-ethyl adjacent to an activating group) is 2. The predicted molar refractivity (Wildman–Crippen MR) is 410 cm³/mol. The third kappa shape index (κ3) is 18.0. The number of para-hydroxylation sites is 1. The molecule has 7 atom stereocenters. The van der Waals surface area contributed by atoms with Crippen molar-refractivity contribution < 1.29 is 33.4 Å². The van der Waals surface area contributed by atoms with Gasteiger partial charge in [0, 0.05) is 68.9 Å². The fraction of sp³-hybridized carbons (Fsp3) is 0.512. The summed E-state index contributed by atoms with van der Waals surface area (Å²) in [4.78, 5) is 92.6. The van der Waals surface area contributed by atoms with Gasteiger partial charge in [-0.2, -0.15) is 0 Å². The number of hydrogen-bond donors (Lipinski definition) is 6. The molecule has 8 aliphatic rings. The zero-order valence-corrected chi connectivity index (χ0v) is 61.8. The zero-order valence-electron chi connectivity index (χ0n) is 61.0. The van der Waals surface area contributed by atoms with Crippen molar-refractivity contribution >= 4 is 75.7 Å². The molecule has 5 aliphatic carbocycles.